The van der Waals surface area contributed by atoms with Gasteiger partial charge in [-0.25, -0.2) is 0 Å². The molecule has 0 bridgehead atoms. The lowest BCUT2D eigenvalue weighted by atomic mass is 10.0. The van der Waals surface area contributed by atoms with Crippen LogP contribution in [0.4, 0.5) is 0 Å². The number of nitrogens with one attached hydrogen (secondary N) is 1. The second-order valence-electron chi connectivity index (χ2n) is 5.58. The van der Waals surface area contributed by atoms with E-state index in [2.05, 4.69) is 44.3 Å². The van der Waals surface area contributed by atoms with Crippen molar-refractivity contribution in [2.45, 2.75) is 33.2 Å². The molecule has 2 aromatic carbocycles. The summed E-state index contributed by atoms with van der Waals surface area (Å²) in [6.07, 6.45) is 0. The molecule has 0 heterocycles. The third-order valence-corrected chi connectivity index (χ3v) is 3.64. The molecule has 1 N–H and O–H groups in total. The first-order valence-corrected chi connectivity index (χ1v) is 7.60. The molecule has 0 saturated heterocycles. The van der Waals surface area contributed by atoms with Crippen LogP contribution in [0, 0.1) is 6.92 Å². The van der Waals surface area contributed by atoms with Crippen LogP contribution in [0.25, 0.3) is 0 Å². The van der Waals surface area contributed by atoms with E-state index in [4.69, 9.17) is 16.3 Å². The zero-order valence-corrected chi connectivity index (χ0v) is 13.8. The Labute approximate surface area is 132 Å². The van der Waals surface area contributed by atoms with Gasteiger partial charge in [-0.05, 0) is 55.3 Å². The second-order valence-corrected chi connectivity index (χ2v) is 6.02. The van der Waals surface area contributed by atoms with E-state index < -0.39 is 0 Å². The number of rotatable bonds is 5. The van der Waals surface area contributed by atoms with E-state index in [1.165, 1.54) is 11.1 Å². The number of aryl methyl sites for hydroxylation is 1. The minimum Gasteiger partial charge on any atom is -0.457 e. The van der Waals surface area contributed by atoms with E-state index in [-0.39, 0.29) is 0 Å². The van der Waals surface area contributed by atoms with Gasteiger partial charge in [0.2, 0.25) is 0 Å². The van der Waals surface area contributed by atoms with Crippen LogP contribution in [0.1, 0.15) is 36.5 Å². The zero-order chi connectivity index (χ0) is 15.4. The van der Waals surface area contributed by atoms with E-state index in [0.717, 1.165) is 28.6 Å². The van der Waals surface area contributed by atoms with Gasteiger partial charge in [-0.3, -0.25) is 0 Å². The van der Waals surface area contributed by atoms with Crippen molar-refractivity contribution in [1.82, 2.24) is 5.32 Å². The number of hydrogen-bond donors (Lipinski definition) is 1. The molecule has 0 radical (unpaired) electrons. The summed E-state index contributed by atoms with van der Waals surface area (Å²) in [5.41, 5.74) is 3.46. The van der Waals surface area contributed by atoms with Gasteiger partial charge >= 0.3 is 0 Å². The highest BCUT2D eigenvalue weighted by molar-refractivity contribution is 6.30. The molecular weight excluding hydrogens is 282 g/mol. The maximum absolute atomic E-state index is 6.19. The highest BCUT2D eigenvalue weighted by atomic mass is 35.5. The largest absolute Gasteiger partial charge is 0.457 e. The highest BCUT2D eigenvalue weighted by Crippen LogP contribution is 2.34. The van der Waals surface area contributed by atoms with Gasteiger partial charge in [0, 0.05) is 17.1 Å². The fourth-order valence-electron chi connectivity index (χ4n) is 2.30. The first-order chi connectivity index (χ1) is 10.0. The van der Waals surface area contributed by atoms with E-state index in [1.54, 1.807) is 0 Å². The first-order valence-electron chi connectivity index (χ1n) is 7.22. The van der Waals surface area contributed by atoms with E-state index >= 15 is 0 Å². The molecule has 0 aliphatic rings. The van der Waals surface area contributed by atoms with E-state index in [1.807, 2.05) is 25.2 Å². The minimum atomic E-state index is 0.417. The SMILES string of the molecule is CNCc1cc(Cl)ccc1Oc1cc(C)ccc1C(C)C. The van der Waals surface area contributed by atoms with Gasteiger partial charge in [-0.2, -0.15) is 0 Å². The van der Waals surface area contributed by atoms with Gasteiger partial charge < -0.3 is 10.1 Å². The Morgan fingerprint density at radius 3 is 2.52 bits per heavy atom. The average Bonchev–Trinajstić information content (AvgIpc) is 2.42. The molecule has 0 aliphatic heterocycles. The summed E-state index contributed by atoms with van der Waals surface area (Å²) in [6.45, 7) is 7.15. The fraction of sp³-hybridized carbons (Fsp3) is 0.333. The third-order valence-electron chi connectivity index (χ3n) is 3.40. The summed E-state index contributed by atoms with van der Waals surface area (Å²) in [6, 6.07) is 12.1. The molecule has 2 nitrogen and oxygen atoms in total. The van der Waals surface area contributed by atoms with Crippen molar-refractivity contribution in [3.63, 3.8) is 0 Å². The Balaban J connectivity index is 2.40. The van der Waals surface area contributed by atoms with Crippen LogP contribution in [0.2, 0.25) is 5.02 Å². The average molecular weight is 304 g/mol. The van der Waals surface area contributed by atoms with E-state index in [9.17, 15) is 0 Å². The normalized spacial score (nSPS) is 11.0. The number of benzene rings is 2. The summed E-state index contributed by atoms with van der Waals surface area (Å²) < 4.78 is 6.19. The van der Waals surface area contributed by atoms with Crippen molar-refractivity contribution < 1.29 is 4.74 Å². The molecule has 2 rings (SSSR count). The highest BCUT2D eigenvalue weighted by Gasteiger charge is 2.11. The molecule has 112 valence electrons. The van der Waals surface area contributed by atoms with Crippen LogP contribution in [-0.2, 0) is 6.54 Å². The molecule has 0 atom stereocenters. The van der Waals surface area contributed by atoms with Crippen molar-refractivity contribution in [1.29, 1.82) is 0 Å². The molecule has 0 amide bonds. The molecule has 21 heavy (non-hydrogen) atoms. The van der Waals surface area contributed by atoms with Gasteiger partial charge in [0.05, 0.1) is 0 Å². The second kappa shape index (κ2) is 6.97. The Kier molecular flexibility index (Phi) is 5.27. The van der Waals surface area contributed by atoms with Gasteiger partial charge in [0.25, 0.3) is 0 Å². The lowest BCUT2D eigenvalue weighted by Crippen LogP contribution is -2.06. The summed E-state index contributed by atoms with van der Waals surface area (Å²) in [5.74, 6) is 2.19. The topological polar surface area (TPSA) is 21.3 Å². The summed E-state index contributed by atoms with van der Waals surface area (Å²) in [5, 5.41) is 3.87. The fourth-order valence-corrected chi connectivity index (χ4v) is 2.50. The summed E-state index contributed by atoms with van der Waals surface area (Å²) in [7, 11) is 1.91. The molecule has 3 heteroatoms. The molecule has 0 fully saturated rings. The summed E-state index contributed by atoms with van der Waals surface area (Å²) in [4.78, 5) is 0. The van der Waals surface area contributed by atoms with Crippen molar-refractivity contribution in [3.05, 3.63) is 58.1 Å². The third kappa shape index (κ3) is 3.99. The first kappa shape index (κ1) is 15.9. The van der Waals surface area contributed by atoms with E-state index in [0.29, 0.717) is 5.92 Å². The predicted molar refractivity (Wildman–Crippen MR) is 89.6 cm³/mol. The van der Waals surface area contributed by atoms with Crippen LogP contribution in [0.5, 0.6) is 11.5 Å². The number of ether oxygens (including phenoxy) is 1. The van der Waals surface area contributed by atoms with Crippen LogP contribution in [0.15, 0.2) is 36.4 Å². The molecule has 0 spiro atoms. The molecular formula is C18H22ClNO. The Morgan fingerprint density at radius 2 is 1.86 bits per heavy atom. The lowest BCUT2D eigenvalue weighted by Gasteiger charge is -2.17. The van der Waals surface area contributed by atoms with Crippen molar-refractivity contribution in [2.24, 2.45) is 0 Å². The number of halogens is 1. The lowest BCUT2D eigenvalue weighted by molar-refractivity contribution is 0.465. The quantitative estimate of drug-likeness (QED) is 0.811. The summed E-state index contributed by atoms with van der Waals surface area (Å²) >= 11 is 6.08. The van der Waals surface area contributed by atoms with Crippen molar-refractivity contribution >= 4 is 11.6 Å². The van der Waals surface area contributed by atoms with Gasteiger partial charge in [-0.15, -0.1) is 0 Å². The Bertz CT molecular complexity index is 623. The van der Waals surface area contributed by atoms with Crippen molar-refractivity contribution in [2.75, 3.05) is 7.05 Å². The number of hydrogen-bond acceptors (Lipinski definition) is 2. The molecule has 0 saturated carbocycles. The predicted octanol–water partition coefficient (Wildman–Crippen LogP) is 5.28. The molecule has 2 aromatic rings. The van der Waals surface area contributed by atoms with Crippen LogP contribution >= 0.6 is 11.6 Å². The van der Waals surface area contributed by atoms with Gasteiger partial charge in [0.15, 0.2) is 0 Å². The minimum absolute atomic E-state index is 0.417. The van der Waals surface area contributed by atoms with Crippen molar-refractivity contribution in [3.8, 4) is 11.5 Å². The Hall–Kier alpha value is -1.51. The maximum atomic E-state index is 6.19. The van der Waals surface area contributed by atoms with Gasteiger partial charge in [0.1, 0.15) is 11.5 Å². The monoisotopic (exact) mass is 303 g/mol. The zero-order valence-electron chi connectivity index (χ0n) is 13.0. The standard InChI is InChI=1S/C18H22ClNO/c1-12(2)16-7-5-13(3)9-18(16)21-17-8-6-15(19)10-14(17)11-20-4/h5-10,12,20H,11H2,1-4H3. The maximum Gasteiger partial charge on any atom is 0.132 e. The van der Waals surface area contributed by atoms with Crippen LogP contribution < -0.4 is 10.1 Å². The smallest absolute Gasteiger partial charge is 0.132 e. The van der Waals surface area contributed by atoms with Crippen LogP contribution in [-0.4, -0.2) is 7.05 Å². The Morgan fingerprint density at radius 1 is 1.10 bits per heavy atom. The molecule has 0 aromatic heterocycles. The van der Waals surface area contributed by atoms with Crippen LogP contribution in [0.3, 0.4) is 0 Å². The van der Waals surface area contributed by atoms with Gasteiger partial charge in [-0.1, -0.05) is 37.6 Å². The molecule has 0 unspecified atom stereocenters. The molecule has 0 aliphatic carbocycles.